The van der Waals surface area contributed by atoms with Crippen molar-refractivity contribution in [3.63, 3.8) is 0 Å². The second-order valence-electron chi connectivity index (χ2n) is 13.9. The molecule has 0 radical (unpaired) electrons. The van der Waals surface area contributed by atoms with Crippen LogP contribution in [0.5, 0.6) is 0 Å². The van der Waals surface area contributed by atoms with Crippen LogP contribution in [0.15, 0.2) is 48.5 Å². The van der Waals surface area contributed by atoms with Crippen molar-refractivity contribution < 1.29 is 53.4 Å². The summed E-state index contributed by atoms with van der Waals surface area (Å²) < 4.78 is 21.6. The van der Waals surface area contributed by atoms with Gasteiger partial charge in [0.05, 0.1) is 0 Å². The summed E-state index contributed by atoms with van der Waals surface area (Å²) in [6.45, 7) is 8.29. The first-order chi connectivity index (χ1) is 23.6. The van der Waals surface area contributed by atoms with Gasteiger partial charge in [-0.05, 0) is 55.4 Å². The molecule has 0 unspecified atom stereocenters. The Kier molecular flexibility index (Phi) is 13.0. The molecule has 1 heterocycles. The number of amides is 3. The molecular weight excluding hydrogens is 650 g/mol. The number of ether oxygens (including phenoxy) is 4. The van der Waals surface area contributed by atoms with E-state index in [4.69, 9.17) is 18.9 Å². The number of alkyl carbamates (subject to hydrolysis) is 1. The summed E-state index contributed by atoms with van der Waals surface area (Å²) in [5.41, 5.74) is 3.36. The molecule has 6 N–H and O–H groups in total. The third kappa shape index (κ3) is 9.58. The lowest BCUT2D eigenvalue weighted by Gasteiger charge is -2.39. The standard InChI is InChI=1S/C36H49N3O11/c1-19(2)28(39-35(46)48-18-24-22-13-9-7-11-20(22)21-12-8-10-14-23(21)24)32(44)38-25(33(45)50-36(3,4)5)15-16-27(40)37-17-26-29(41)30(42)31(43)34(47-6)49-26/h7-14,19,24-26,28-31,34,41-43H,15-18H2,1-6H3,(H,37,40)(H,38,44)(H,39,46)/t25-,26+,28-,29+,30-,31+,34+/m0/s1. The van der Waals surface area contributed by atoms with Gasteiger partial charge in [0.15, 0.2) is 6.29 Å². The third-order valence-corrected chi connectivity index (χ3v) is 8.64. The molecule has 1 aliphatic carbocycles. The SMILES string of the molecule is CO[C@@H]1O[C@H](CNC(=O)CC[C@H](NC(=O)[C@@H](NC(=O)OCC2c3ccccc3-c3ccccc32)C(C)C)C(=O)OC(C)(C)C)[C@@H](O)[C@H](O)[C@H]1O. The predicted octanol–water partition coefficient (Wildman–Crippen LogP) is 1.73. The minimum absolute atomic E-state index is 0.0521. The number of nitrogens with one attached hydrogen (secondary N) is 3. The lowest BCUT2D eigenvalue weighted by molar-refractivity contribution is -0.288. The Balaban J connectivity index is 1.36. The van der Waals surface area contributed by atoms with Crippen LogP contribution in [-0.4, -0.2) is 108 Å². The normalized spacial score (nSPS) is 22.9. The van der Waals surface area contributed by atoms with E-state index in [0.29, 0.717) is 0 Å². The molecule has 14 nitrogen and oxygen atoms in total. The van der Waals surface area contributed by atoms with Crippen molar-refractivity contribution in [1.29, 1.82) is 0 Å². The van der Waals surface area contributed by atoms with Crippen molar-refractivity contribution in [1.82, 2.24) is 16.0 Å². The van der Waals surface area contributed by atoms with Gasteiger partial charge in [-0.25, -0.2) is 9.59 Å². The summed E-state index contributed by atoms with van der Waals surface area (Å²) in [6.07, 6.45) is -8.02. The number of aliphatic hydroxyl groups excluding tert-OH is 3. The van der Waals surface area contributed by atoms with Crippen molar-refractivity contribution in [3.05, 3.63) is 59.7 Å². The van der Waals surface area contributed by atoms with E-state index in [2.05, 4.69) is 16.0 Å². The average molecular weight is 700 g/mol. The van der Waals surface area contributed by atoms with E-state index in [1.807, 2.05) is 48.5 Å². The fourth-order valence-electron chi connectivity index (χ4n) is 6.04. The zero-order chi connectivity index (χ0) is 36.7. The number of esters is 1. The van der Waals surface area contributed by atoms with Gasteiger partial charge in [-0.1, -0.05) is 62.4 Å². The summed E-state index contributed by atoms with van der Waals surface area (Å²) in [7, 11) is 1.26. The number of aliphatic hydroxyl groups is 3. The van der Waals surface area contributed by atoms with Crippen LogP contribution in [0.1, 0.15) is 64.5 Å². The van der Waals surface area contributed by atoms with Crippen molar-refractivity contribution in [2.24, 2.45) is 5.92 Å². The number of hydrogen-bond donors (Lipinski definition) is 6. The summed E-state index contributed by atoms with van der Waals surface area (Å²) in [6, 6.07) is 13.5. The highest BCUT2D eigenvalue weighted by Crippen LogP contribution is 2.44. The Bertz CT molecular complexity index is 1460. The Morgan fingerprint density at radius 1 is 0.880 bits per heavy atom. The highest BCUT2D eigenvalue weighted by molar-refractivity contribution is 5.90. The first kappa shape index (κ1) is 38.7. The molecule has 1 fully saturated rings. The Morgan fingerprint density at radius 3 is 2.04 bits per heavy atom. The van der Waals surface area contributed by atoms with Gasteiger partial charge in [0.25, 0.3) is 0 Å². The summed E-state index contributed by atoms with van der Waals surface area (Å²) in [4.78, 5) is 52.5. The molecule has 3 amide bonds. The molecule has 1 saturated heterocycles. The number of fused-ring (bicyclic) bond motifs is 3. The number of carbonyl (C=O) groups excluding carboxylic acids is 4. The van der Waals surface area contributed by atoms with Gasteiger partial charge in [0.1, 0.15) is 48.7 Å². The molecule has 0 aromatic heterocycles. The highest BCUT2D eigenvalue weighted by Gasteiger charge is 2.44. The van der Waals surface area contributed by atoms with Crippen LogP contribution >= 0.6 is 0 Å². The van der Waals surface area contributed by atoms with Crippen molar-refractivity contribution in [3.8, 4) is 11.1 Å². The van der Waals surface area contributed by atoms with E-state index in [9.17, 15) is 34.5 Å². The second kappa shape index (κ2) is 16.8. The average Bonchev–Trinajstić information content (AvgIpc) is 3.39. The van der Waals surface area contributed by atoms with E-state index in [-0.39, 0.29) is 31.9 Å². The number of benzene rings is 2. The van der Waals surface area contributed by atoms with Crippen molar-refractivity contribution >= 4 is 23.9 Å². The maximum absolute atomic E-state index is 13.5. The fourth-order valence-corrected chi connectivity index (χ4v) is 6.04. The molecular formula is C36H49N3O11. The number of methoxy groups -OCH3 is 1. The van der Waals surface area contributed by atoms with Crippen LogP contribution in [0, 0.1) is 5.92 Å². The largest absolute Gasteiger partial charge is 0.458 e. The van der Waals surface area contributed by atoms with E-state index in [1.54, 1.807) is 34.6 Å². The van der Waals surface area contributed by atoms with Gasteiger partial charge in [0.2, 0.25) is 11.8 Å². The molecule has 0 bridgehead atoms. The molecule has 50 heavy (non-hydrogen) atoms. The Labute approximate surface area is 291 Å². The smallest absolute Gasteiger partial charge is 0.407 e. The number of hydrogen-bond acceptors (Lipinski definition) is 11. The Hall–Kier alpha value is -4.08. The zero-order valence-electron chi connectivity index (χ0n) is 29.3. The minimum atomic E-state index is -1.56. The first-order valence-electron chi connectivity index (χ1n) is 16.7. The molecule has 2 aromatic rings. The summed E-state index contributed by atoms with van der Waals surface area (Å²) in [5, 5.41) is 38.1. The van der Waals surface area contributed by atoms with Crippen LogP contribution in [0.3, 0.4) is 0 Å². The molecule has 2 aliphatic rings. The molecule has 1 aliphatic heterocycles. The minimum Gasteiger partial charge on any atom is -0.458 e. The molecule has 2 aromatic carbocycles. The van der Waals surface area contributed by atoms with E-state index in [0.717, 1.165) is 22.3 Å². The van der Waals surface area contributed by atoms with Crippen molar-refractivity contribution in [2.75, 3.05) is 20.3 Å². The number of carbonyl (C=O) groups is 4. The Morgan fingerprint density at radius 2 is 1.48 bits per heavy atom. The monoisotopic (exact) mass is 699 g/mol. The van der Waals surface area contributed by atoms with Crippen LogP contribution in [0.25, 0.3) is 11.1 Å². The lowest BCUT2D eigenvalue weighted by Crippen LogP contribution is -2.60. The maximum atomic E-state index is 13.5. The van der Waals surface area contributed by atoms with E-state index >= 15 is 0 Å². The van der Waals surface area contributed by atoms with Gasteiger partial charge < -0.3 is 50.2 Å². The zero-order valence-corrected chi connectivity index (χ0v) is 29.3. The molecule has 274 valence electrons. The topological polar surface area (TPSA) is 202 Å². The molecule has 14 heteroatoms. The van der Waals surface area contributed by atoms with Gasteiger partial charge in [-0.3, -0.25) is 9.59 Å². The second-order valence-corrected chi connectivity index (χ2v) is 13.9. The molecule has 0 saturated carbocycles. The molecule has 0 spiro atoms. The summed E-state index contributed by atoms with van der Waals surface area (Å²) >= 11 is 0. The van der Waals surface area contributed by atoms with E-state index in [1.165, 1.54) is 7.11 Å². The quantitative estimate of drug-likeness (QED) is 0.166. The molecule has 7 atom stereocenters. The van der Waals surface area contributed by atoms with Gasteiger partial charge >= 0.3 is 12.1 Å². The lowest BCUT2D eigenvalue weighted by atomic mass is 9.98. The van der Waals surface area contributed by atoms with Crippen LogP contribution in [0.4, 0.5) is 4.79 Å². The number of rotatable bonds is 13. The highest BCUT2D eigenvalue weighted by atomic mass is 16.7. The predicted molar refractivity (Wildman–Crippen MR) is 181 cm³/mol. The maximum Gasteiger partial charge on any atom is 0.407 e. The van der Waals surface area contributed by atoms with Crippen LogP contribution in [0.2, 0.25) is 0 Å². The van der Waals surface area contributed by atoms with Crippen molar-refractivity contribution in [2.45, 2.75) is 102 Å². The summed E-state index contributed by atoms with van der Waals surface area (Å²) in [5.74, 6) is -2.55. The van der Waals surface area contributed by atoms with E-state index < -0.39 is 78.2 Å². The molecule has 4 rings (SSSR count). The van der Waals surface area contributed by atoms with Gasteiger partial charge in [0, 0.05) is 26.0 Å². The third-order valence-electron chi connectivity index (χ3n) is 8.64. The fraction of sp³-hybridized carbons (Fsp3) is 0.556. The van der Waals surface area contributed by atoms with Gasteiger partial charge in [-0.2, -0.15) is 0 Å². The van der Waals surface area contributed by atoms with Crippen LogP contribution < -0.4 is 16.0 Å². The van der Waals surface area contributed by atoms with Gasteiger partial charge in [-0.15, -0.1) is 0 Å². The van der Waals surface area contributed by atoms with Crippen LogP contribution in [-0.2, 0) is 33.3 Å². The first-order valence-corrected chi connectivity index (χ1v) is 16.7.